The third-order valence-corrected chi connectivity index (χ3v) is 18.4. The summed E-state index contributed by atoms with van der Waals surface area (Å²) >= 11 is 0. The Morgan fingerprint density at radius 1 is 0.854 bits per heavy atom. The van der Waals surface area contributed by atoms with Crippen LogP contribution in [0.4, 0.5) is 0 Å². The lowest BCUT2D eigenvalue weighted by Crippen LogP contribution is -2.66. The highest BCUT2D eigenvalue weighted by molar-refractivity contribution is 5.86. The lowest BCUT2D eigenvalue weighted by Gasteiger charge is -2.73. The minimum atomic E-state index is -0.170. The third-order valence-electron chi connectivity index (χ3n) is 18.4. The molecule has 0 unspecified atom stereocenters. The van der Waals surface area contributed by atoms with Crippen LogP contribution in [0, 0.1) is 79.8 Å². The summed E-state index contributed by atoms with van der Waals surface area (Å²) in [7, 11) is 0. The number of ketones is 1. The second kappa shape index (κ2) is 11.3. The van der Waals surface area contributed by atoms with E-state index >= 15 is 4.79 Å². The van der Waals surface area contributed by atoms with Gasteiger partial charge in [0.2, 0.25) is 11.8 Å². The van der Waals surface area contributed by atoms with Crippen LogP contribution in [0.25, 0.3) is 0 Å². The Balaban J connectivity index is 1.15. The van der Waals surface area contributed by atoms with Crippen molar-refractivity contribution in [3.8, 4) is 0 Å². The van der Waals surface area contributed by atoms with Crippen LogP contribution in [0.2, 0.25) is 0 Å². The number of aromatic nitrogens is 2. The maximum absolute atomic E-state index is 15.0. The SMILES string of the molecule is C=C(C)[C@@H]1CC[C@]2(C(=O)C[C@@H]3C[C@H](c4nnc(CC(C)C)o4)C3(C)C)CC[C@]3(C)[C@H](CC[C@@H]4[C@@]5(C)CC[C@H](C)C(C)(C)[C@@H]5CC[C@]43C)[C@@H]12. The van der Waals surface area contributed by atoms with Gasteiger partial charge in [-0.3, -0.25) is 4.79 Å². The fraction of sp³-hybridized carbons (Fsp3) is 0.886. The first-order chi connectivity index (χ1) is 22.3. The molecule has 6 saturated carbocycles. The Morgan fingerprint density at radius 3 is 2.25 bits per heavy atom. The third kappa shape index (κ3) is 4.67. The second-order valence-electron chi connectivity index (χ2n) is 21.2. The molecule has 1 heterocycles. The van der Waals surface area contributed by atoms with Crippen LogP contribution in [0.1, 0.15) is 171 Å². The van der Waals surface area contributed by atoms with Gasteiger partial charge in [0.1, 0.15) is 5.78 Å². The monoisotopic (exact) mass is 659 g/mol. The van der Waals surface area contributed by atoms with Crippen molar-refractivity contribution in [2.45, 2.75) is 166 Å². The first-order valence-corrected chi connectivity index (χ1v) is 20.3. The standard InChI is InChI=1S/C44H70N2O2/c1-26(2)23-36-45-46-38(48-36)32-24-29(40(32,8)9)25-35(47)44-20-16-30(27(3)4)37(44)31-13-14-34-41(10)18-15-28(5)39(6,7)33(41)17-19-43(34,12)42(31,11)21-22-44/h26,28-34,37H,3,13-25H2,1-2,4-12H3/t28-,29-,30-,31+,32+,33-,34+,37+,41-,42+,43+,44+/m0/s1. The summed E-state index contributed by atoms with van der Waals surface area (Å²) in [6.45, 7) is 31.9. The number of hydrogen-bond donors (Lipinski definition) is 0. The Kier molecular flexibility index (Phi) is 8.21. The zero-order valence-electron chi connectivity index (χ0n) is 32.8. The fourth-order valence-electron chi connectivity index (χ4n) is 14.8. The van der Waals surface area contributed by atoms with Crippen LogP contribution < -0.4 is 0 Å². The average Bonchev–Trinajstić information content (AvgIpc) is 3.62. The molecule has 4 heteroatoms. The molecule has 48 heavy (non-hydrogen) atoms. The van der Waals surface area contributed by atoms with Crippen molar-refractivity contribution in [1.29, 1.82) is 0 Å². The van der Waals surface area contributed by atoms with E-state index in [0.717, 1.165) is 61.6 Å². The van der Waals surface area contributed by atoms with Crippen LogP contribution in [-0.4, -0.2) is 16.0 Å². The molecule has 6 aliphatic rings. The Morgan fingerprint density at radius 2 is 1.58 bits per heavy atom. The summed E-state index contributed by atoms with van der Waals surface area (Å²) in [5.41, 5.74) is 2.64. The van der Waals surface area contributed by atoms with Crippen molar-refractivity contribution in [3.63, 3.8) is 0 Å². The number of allylic oxidation sites excluding steroid dienone is 1. The molecule has 0 radical (unpaired) electrons. The number of carbonyl (C=O) groups is 1. The van der Waals surface area contributed by atoms with Crippen LogP contribution >= 0.6 is 0 Å². The highest BCUT2D eigenvalue weighted by Gasteiger charge is 2.71. The van der Waals surface area contributed by atoms with Gasteiger partial charge in [-0.1, -0.05) is 81.4 Å². The highest BCUT2D eigenvalue weighted by atomic mass is 16.4. The summed E-state index contributed by atoms with van der Waals surface area (Å²) < 4.78 is 6.17. The van der Waals surface area contributed by atoms with Gasteiger partial charge >= 0.3 is 0 Å². The lowest BCUT2D eigenvalue weighted by atomic mass is 9.31. The Labute approximate surface area is 293 Å². The summed E-state index contributed by atoms with van der Waals surface area (Å²) in [5.74, 6) is 7.26. The first-order valence-electron chi connectivity index (χ1n) is 20.3. The predicted molar refractivity (Wildman–Crippen MR) is 195 cm³/mol. The van der Waals surface area contributed by atoms with E-state index in [2.05, 4.69) is 92.9 Å². The van der Waals surface area contributed by atoms with E-state index < -0.39 is 0 Å². The second-order valence-corrected chi connectivity index (χ2v) is 21.2. The van der Waals surface area contributed by atoms with Crippen LogP contribution in [0.3, 0.4) is 0 Å². The molecule has 12 atom stereocenters. The van der Waals surface area contributed by atoms with Crippen molar-refractivity contribution >= 4 is 5.78 Å². The molecule has 268 valence electrons. The molecule has 0 bridgehead atoms. The van der Waals surface area contributed by atoms with Gasteiger partial charge in [0.15, 0.2) is 0 Å². The van der Waals surface area contributed by atoms with Gasteiger partial charge < -0.3 is 4.42 Å². The van der Waals surface area contributed by atoms with Crippen molar-refractivity contribution in [2.24, 2.45) is 79.8 Å². The van der Waals surface area contributed by atoms with Gasteiger partial charge in [0, 0.05) is 24.2 Å². The van der Waals surface area contributed by atoms with Gasteiger partial charge in [0.05, 0.1) is 0 Å². The van der Waals surface area contributed by atoms with E-state index in [1.54, 1.807) is 0 Å². The minimum absolute atomic E-state index is 0.0101. The molecule has 0 N–H and O–H groups in total. The minimum Gasteiger partial charge on any atom is -0.425 e. The van der Waals surface area contributed by atoms with Gasteiger partial charge in [0.25, 0.3) is 0 Å². The number of Topliss-reactive ketones (excluding diaryl/α,β-unsaturated/α-hetero) is 1. The fourth-order valence-corrected chi connectivity index (χ4v) is 14.8. The smallest absolute Gasteiger partial charge is 0.220 e. The average molecular weight is 659 g/mol. The number of rotatable bonds is 7. The molecule has 6 fully saturated rings. The van der Waals surface area contributed by atoms with Crippen molar-refractivity contribution in [2.75, 3.05) is 0 Å². The summed E-state index contributed by atoms with van der Waals surface area (Å²) in [4.78, 5) is 15.0. The molecule has 1 aromatic rings. The van der Waals surface area contributed by atoms with Gasteiger partial charge in [-0.2, -0.15) is 0 Å². The van der Waals surface area contributed by atoms with E-state index in [1.165, 1.54) is 50.5 Å². The largest absolute Gasteiger partial charge is 0.425 e. The van der Waals surface area contributed by atoms with Gasteiger partial charge in [-0.25, -0.2) is 0 Å². The normalized spacial score (nSPS) is 47.3. The molecule has 0 aliphatic heterocycles. The lowest BCUT2D eigenvalue weighted by molar-refractivity contribution is -0.240. The van der Waals surface area contributed by atoms with Crippen LogP contribution in [-0.2, 0) is 11.2 Å². The molecule has 0 amide bonds. The van der Waals surface area contributed by atoms with Crippen LogP contribution in [0.15, 0.2) is 16.6 Å². The number of hydrogen-bond acceptors (Lipinski definition) is 4. The molecule has 7 rings (SSSR count). The molecule has 0 aromatic carbocycles. The molecule has 4 nitrogen and oxygen atoms in total. The van der Waals surface area contributed by atoms with Crippen molar-refractivity contribution in [3.05, 3.63) is 23.9 Å². The Hall–Kier alpha value is -1.45. The molecule has 6 aliphatic carbocycles. The topological polar surface area (TPSA) is 56.0 Å². The molecule has 0 saturated heterocycles. The van der Waals surface area contributed by atoms with Gasteiger partial charge in [-0.05, 0) is 152 Å². The zero-order valence-corrected chi connectivity index (χ0v) is 32.8. The molecular formula is C44H70N2O2. The number of fused-ring (bicyclic) bond motifs is 7. The number of carbonyl (C=O) groups excluding carboxylic acids is 1. The zero-order chi connectivity index (χ0) is 34.8. The molecule has 1 aromatic heterocycles. The molecular weight excluding hydrogens is 588 g/mol. The first kappa shape index (κ1) is 35.0. The molecule has 0 spiro atoms. The van der Waals surface area contributed by atoms with Crippen molar-refractivity contribution < 1.29 is 9.21 Å². The maximum Gasteiger partial charge on any atom is 0.220 e. The van der Waals surface area contributed by atoms with E-state index in [1.807, 2.05) is 0 Å². The quantitative estimate of drug-likeness (QED) is 0.274. The summed E-state index contributed by atoms with van der Waals surface area (Å²) in [5, 5.41) is 8.87. The Bertz CT molecular complexity index is 1440. The van der Waals surface area contributed by atoms with E-state index in [0.29, 0.717) is 58.0 Å². The number of nitrogens with zero attached hydrogens (tertiary/aromatic N) is 2. The van der Waals surface area contributed by atoms with Crippen LogP contribution in [0.5, 0.6) is 0 Å². The van der Waals surface area contributed by atoms with E-state index in [9.17, 15) is 0 Å². The highest BCUT2D eigenvalue weighted by Crippen LogP contribution is 2.78. The van der Waals surface area contributed by atoms with Crippen molar-refractivity contribution in [1.82, 2.24) is 10.2 Å². The van der Waals surface area contributed by atoms with Gasteiger partial charge in [-0.15, -0.1) is 10.2 Å². The summed E-state index contributed by atoms with van der Waals surface area (Å²) in [6.07, 6.45) is 15.3. The summed E-state index contributed by atoms with van der Waals surface area (Å²) in [6, 6.07) is 0. The maximum atomic E-state index is 15.0. The van der Waals surface area contributed by atoms with E-state index in [4.69, 9.17) is 4.42 Å². The van der Waals surface area contributed by atoms with E-state index in [-0.39, 0.29) is 22.2 Å². The predicted octanol–water partition coefficient (Wildman–Crippen LogP) is 11.7.